The number of nitrogens with zero attached hydrogens (tertiary/aromatic N) is 2. The van der Waals surface area contributed by atoms with Crippen LogP contribution < -0.4 is 4.74 Å². The fourth-order valence-corrected chi connectivity index (χ4v) is 3.60. The lowest BCUT2D eigenvalue weighted by molar-refractivity contribution is -0.125. The first-order valence-electron chi connectivity index (χ1n) is 11.2. The first kappa shape index (κ1) is 23.7. The Labute approximate surface area is 190 Å². The number of carbonyl (C=O) groups excluding carboxylic acids is 1. The number of aryl methyl sites for hydroxylation is 2. The zero-order valence-corrected chi connectivity index (χ0v) is 19.7. The summed E-state index contributed by atoms with van der Waals surface area (Å²) in [4.78, 5) is 16.2. The number of Topliss-reactive ketones (excluding diaryl/α,β-unsaturated/α-hetero) is 1. The second kappa shape index (κ2) is 10.1. The van der Waals surface area contributed by atoms with Crippen molar-refractivity contribution in [3.8, 4) is 17.1 Å². The van der Waals surface area contributed by atoms with Gasteiger partial charge in [-0.05, 0) is 57.7 Å². The quantitative estimate of drug-likeness (QED) is 0.340. The van der Waals surface area contributed by atoms with E-state index in [4.69, 9.17) is 4.74 Å². The number of ketones is 1. The molecule has 170 valence electrons. The minimum absolute atomic E-state index is 0.226. The minimum atomic E-state index is -0.275. The number of ether oxygens (including phenoxy) is 1. The maximum Gasteiger partial charge on any atom is 0.140 e. The molecule has 2 aromatic carbocycles. The number of para-hydroxylation sites is 1. The third-order valence-corrected chi connectivity index (χ3v) is 6.19. The lowest BCUT2D eigenvalue weighted by Gasteiger charge is -2.20. The molecule has 0 saturated carbocycles. The fourth-order valence-electron chi connectivity index (χ4n) is 3.60. The molecule has 3 aromatic rings. The van der Waals surface area contributed by atoms with Gasteiger partial charge in [-0.2, -0.15) is 0 Å². The topological polar surface area (TPSA) is 44.1 Å². The van der Waals surface area contributed by atoms with E-state index in [1.54, 1.807) is 26.0 Å². The van der Waals surface area contributed by atoms with E-state index in [9.17, 15) is 9.18 Å². The molecule has 0 radical (unpaired) electrons. The van der Waals surface area contributed by atoms with Crippen LogP contribution in [0.4, 0.5) is 4.39 Å². The molecule has 5 heteroatoms. The monoisotopic (exact) mass is 436 g/mol. The largest absolute Gasteiger partial charge is 0.493 e. The highest BCUT2D eigenvalue weighted by atomic mass is 19.1. The molecule has 0 spiro atoms. The van der Waals surface area contributed by atoms with E-state index in [2.05, 4.69) is 9.55 Å². The summed E-state index contributed by atoms with van der Waals surface area (Å²) in [5.74, 6) is 1.57. The Morgan fingerprint density at radius 2 is 1.88 bits per heavy atom. The number of benzene rings is 2. The molecule has 0 N–H and O–H groups in total. The Morgan fingerprint density at radius 3 is 2.59 bits per heavy atom. The molecular weight excluding hydrogens is 403 g/mol. The molecule has 0 bridgehead atoms. The summed E-state index contributed by atoms with van der Waals surface area (Å²) in [6.07, 6.45) is 4.51. The minimum Gasteiger partial charge on any atom is -0.493 e. The van der Waals surface area contributed by atoms with Crippen LogP contribution >= 0.6 is 0 Å². The van der Waals surface area contributed by atoms with Gasteiger partial charge >= 0.3 is 0 Å². The molecule has 1 heterocycles. The van der Waals surface area contributed by atoms with Gasteiger partial charge in [0, 0.05) is 28.4 Å². The van der Waals surface area contributed by atoms with Crippen molar-refractivity contribution in [2.24, 2.45) is 5.41 Å². The van der Waals surface area contributed by atoms with Gasteiger partial charge in [0.15, 0.2) is 0 Å². The molecule has 0 aliphatic carbocycles. The number of carbonyl (C=O) groups is 1. The van der Waals surface area contributed by atoms with Crippen molar-refractivity contribution >= 4 is 5.78 Å². The number of aromatic nitrogens is 2. The Balaban J connectivity index is 1.70. The van der Waals surface area contributed by atoms with Gasteiger partial charge in [0.2, 0.25) is 0 Å². The number of rotatable bonds is 10. The molecule has 32 heavy (non-hydrogen) atoms. The number of imidazole rings is 1. The van der Waals surface area contributed by atoms with Crippen LogP contribution in [0.25, 0.3) is 11.4 Å². The van der Waals surface area contributed by atoms with Gasteiger partial charge in [0.25, 0.3) is 0 Å². The number of unbranched alkanes of at least 4 members (excludes halogenated alkanes) is 1. The van der Waals surface area contributed by atoms with E-state index in [0.717, 1.165) is 47.7 Å². The van der Waals surface area contributed by atoms with E-state index >= 15 is 0 Å². The van der Waals surface area contributed by atoms with Crippen LogP contribution in [0.15, 0.2) is 48.7 Å². The Kier molecular flexibility index (Phi) is 7.49. The summed E-state index contributed by atoms with van der Waals surface area (Å²) in [5.41, 5.74) is 3.15. The first-order chi connectivity index (χ1) is 15.2. The molecule has 3 rings (SSSR count). The van der Waals surface area contributed by atoms with Gasteiger partial charge in [-0.25, -0.2) is 9.37 Å². The van der Waals surface area contributed by atoms with E-state index < -0.39 is 0 Å². The average Bonchev–Trinajstić information content (AvgIpc) is 3.11. The summed E-state index contributed by atoms with van der Waals surface area (Å²) < 4.78 is 22.3. The van der Waals surface area contributed by atoms with E-state index in [1.807, 2.05) is 57.3 Å². The molecule has 4 nitrogen and oxygen atoms in total. The van der Waals surface area contributed by atoms with Gasteiger partial charge in [-0.1, -0.05) is 44.2 Å². The van der Waals surface area contributed by atoms with Crippen molar-refractivity contribution in [2.45, 2.75) is 60.4 Å². The van der Waals surface area contributed by atoms with Crippen LogP contribution in [0.5, 0.6) is 5.75 Å². The summed E-state index contributed by atoms with van der Waals surface area (Å²) >= 11 is 0. The zero-order valence-electron chi connectivity index (χ0n) is 19.7. The SMILES string of the molecule is CC(=O)C(C)(C)CCCCOc1ccccc1Cn1c(C)cnc1-c1ccc(C)c(F)c1. The van der Waals surface area contributed by atoms with E-state index in [0.29, 0.717) is 18.7 Å². The van der Waals surface area contributed by atoms with Crippen LogP contribution in [0.1, 0.15) is 56.9 Å². The lowest BCUT2D eigenvalue weighted by Crippen LogP contribution is -2.21. The molecule has 0 aliphatic rings. The summed E-state index contributed by atoms with van der Waals surface area (Å²) in [5, 5.41) is 0. The normalized spacial score (nSPS) is 11.6. The lowest BCUT2D eigenvalue weighted by atomic mass is 9.84. The van der Waals surface area contributed by atoms with Crippen molar-refractivity contribution in [3.63, 3.8) is 0 Å². The van der Waals surface area contributed by atoms with Crippen molar-refractivity contribution in [3.05, 3.63) is 71.3 Å². The first-order valence-corrected chi connectivity index (χ1v) is 11.2. The Hall–Kier alpha value is -2.95. The average molecular weight is 437 g/mol. The van der Waals surface area contributed by atoms with Crippen LogP contribution in [0, 0.1) is 25.1 Å². The van der Waals surface area contributed by atoms with E-state index in [1.165, 1.54) is 0 Å². The van der Waals surface area contributed by atoms with Crippen LogP contribution in [0.3, 0.4) is 0 Å². The van der Waals surface area contributed by atoms with Crippen molar-refractivity contribution in [2.75, 3.05) is 6.61 Å². The van der Waals surface area contributed by atoms with Gasteiger partial charge in [0.05, 0.1) is 13.2 Å². The fraction of sp³-hybridized carbons (Fsp3) is 0.407. The number of hydrogen-bond acceptors (Lipinski definition) is 3. The zero-order chi connectivity index (χ0) is 23.3. The van der Waals surface area contributed by atoms with Crippen molar-refractivity contribution in [1.82, 2.24) is 9.55 Å². The molecule has 1 aromatic heterocycles. The highest BCUT2D eigenvalue weighted by Gasteiger charge is 2.22. The Morgan fingerprint density at radius 1 is 1.12 bits per heavy atom. The predicted octanol–water partition coefficient (Wildman–Crippen LogP) is 6.52. The molecule has 0 amide bonds. The maximum atomic E-state index is 14.1. The molecule has 0 aliphatic heterocycles. The number of hydrogen-bond donors (Lipinski definition) is 0. The summed E-state index contributed by atoms with van der Waals surface area (Å²) in [6, 6.07) is 13.2. The Bertz CT molecular complexity index is 1090. The number of halogens is 1. The molecule has 0 fully saturated rings. The van der Waals surface area contributed by atoms with Gasteiger partial charge in [0.1, 0.15) is 23.2 Å². The van der Waals surface area contributed by atoms with Crippen molar-refractivity contribution in [1.29, 1.82) is 0 Å². The van der Waals surface area contributed by atoms with Crippen LogP contribution in [-0.4, -0.2) is 21.9 Å². The van der Waals surface area contributed by atoms with Gasteiger partial charge in [-0.15, -0.1) is 0 Å². The standard InChI is InChI=1S/C27H33FN2O2/c1-19-12-13-22(16-24(19)28)26-29-17-20(2)30(26)18-23-10-6-7-11-25(23)32-15-9-8-14-27(4,5)21(3)31/h6-7,10-13,16-17H,8-9,14-15,18H2,1-5H3. The third kappa shape index (κ3) is 5.64. The molecule has 0 saturated heterocycles. The highest BCUT2D eigenvalue weighted by Crippen LogP contribution is 2.27. The molecular formula is C27H33FN2O2. The predicted molar refractivity (Wildman–Crippen MR) is 126 cm³/mol. The van der Waals surface area contributed by atoms with Gasteiger partial charge in [-0.3, -0.25) is 4.79 Å². The second-order valence-corrected chi connectivity index (χ2v) is 9.13. The van der Waals surface area contributed by atoms with E-state index in [-0.39, 0.29) is 17.0 Å². The third-order valence-electron chi connectivity index (χ3n) is 6.19. The smallest absolute Gasteiger partial charge is 0.140 e. The summed E-state index contributed by atoms with van der Waals surface area (Å²) in [7, 11) is 0. The van der Waals surface area contributed by atoms with Crippen LogP contribution in [0.2, 0.25) is 0 Å². The molecule has 0 atom stereocenters. The highest BCUT2D eigenvalue weighted by molar-refractivity contribution is 5.81. The second-order valence-electron chi connectivity index (χ2n) is 9.13. The maximum absolute atomic E-state index is 14.1. The summed E-state index contributed by atoms with van der Waals surface area (Å²) in [6.45, 7) is 10.6. The molecule has 0 unspecified atom stereocenters. The van der Waals surface area contributed by atoms with Gasteiger partial charge < -0.3 is 9.30 Å². The van der Waals surface area contributed by atoms with Crippen molar-refractivity contribution < 1.29 is 13.9 Å². The van der Waals surface area contributed by atoms with Crippen LogP contribution in [-0.2, 0) is 11.3 Å².